The number of carbonyl (C=O) groups is 2. The van der Waals surface area contributed by atoms with Crippen LogP contribution in [0.2, 0.25) is 0 Å². The fraction of sp³-hybridized carbons (Fsp3) is 0.464. The largest absolute Gasteiger partial charge is 0.481 e. The molecule has 1 N–H and O–H groups in total. The van der Waals surface area contributed by atoms with E-state index in [-0.39, 0.29) is 29.8 Å². The zero-order valence-electron chi connectivity index (χ0n) is 20.7. The Morgan fingerprint density at radius 1 is 1.17 bits per heavy atom. The van der Waals surface area contributed by atoms with Crippen LogP contribution in [-0.4, -0.2) is 45.3 Å². The van der Waals surface area contributed by atoms with Gasteiger partial charge in [-0.1, -0.05) is 24.3 Å². The second kappa shape index (κ2) is 9.91. The maximum absolute atomic E-state index is 14.5. The number of hydrogen-bond donors (Lipinski definition) is 1. The Kier molecular flexibility index (Phi) is 6.69. The van der Waals surface area contributed by atoms with Crippen LogP contribution in [0.25, 0.3) is 11.0 Å². The van der Waals surface area contributed by atoms with Crippen molar-refractivity contribution >= 4 is 23.1 Å². The zero-order chi connectivity index (χ0) is 25.4. The lowest BCUT2D eigenvalue weighted by Crippen LogP contribution is -2.35. The molecule has 1 aliphatic heterocycles. The maximum atomic E-state index is 14.5. The highest BCUT2D eigenvalue weighted by Gasteiger charge is 2.32. The van der Waals surface area contributed by atoms with Gasteiger partial charge in [-0.2, -0.15) is 0 Å². The molecule has 2 heterocycles. The summed E-state index contributed by atoms with van der Waals surface area (Å²) >= 11 is 0. The number of ether oxygens (including phenoxy) is 1. The number of hydrogen-bond acceptors (Lipinski definition) is 4. The van der Waals surface area contributed by atoms with Crippen LogP contribution >= 0.6 is 0 Å². The van der Waals surface area contributed by atoms with Crippen molar-refractivity contribution in [3.8, 4) is 0 Å². The summed E-state index contributed by atoms with van der Waals surface area (Å²) in [5, 5.41) is 9.47. The smallest absolute Gasteiger partial charge is 0.409 e. The SMILES string of the molecule is COC(=O)N1CCc2ccc3c(nc([C@H]4CC[C@H](C(=O)O)CC4)n3[C@@H](C)Cc3ccccc3F)c2C1. The molecule has 0 saturated heterocycles. The van der Waals surface area contributed by atoms with Gasteiger partial charge in [-0.25, -0.2) is 14.2 Å². The number of halogens is 1. The molecule has 0 radical (unpaired) electrons. The molecule has 0 unspecified atom stereocenters. The van der Waals surface area contributed by atoms with Crippen molar-refractivity contribution in [2.24, 2.45) is 5.92 Å². The molecule has 1 aliphatic carbocycles. The molecular weight excluding hydrogens is 461 g/mol. The highest BCUT2D eigenvalue weighted by molar-refractivity contribution is 5.82. The van der Waals surface area contributed by atoms with Crippen LogP contribution in [0.1, 0.15) is 67.1 Å². The number of carbonyl (C=O) groups excluding carboxylic acids is 1. The number of imidazole rings is 1. The van der Waals surface area contributed by atoms with Crippen LogP contribution in [0.4, 0.5) is 9.18 Å². The lowest BCUT2D eigenvalue weighted by atomic mass is 9.81. The summed E-state index contributed by atoms with van der Waals surface area (Å²) in [6.45, 7) is 3.12. The highest BCUT2D eigenvalue weighted by atomic mass is 19.1. The number of methoxy groups -OCH3 is 1. The molecule has 1 saturated carbocycles. The van der Waals surface area contributed by atoms with E-state index in [0.717, 1.165) is 41.7 Å². The third-order valence-electron chi connectivity index (χ3n) is 7.88. The molecular formula is C28H32FN3O4. The molecule has 2 aromatic carbocycles. The van der Waals surface area contributed by atoms with E-state index in [1.807, 2.05) is 12.1 Å². The van der Waals surface area contributed by atoms with Gasteiger partial charge in [-0.05, 0) is 68.7 Å². The highest BCUT2D eigenvalue weighted by Crippen LogP contribution is 2.40. The minimum absolute atomic E-state index is 0.0579. The van der Waals surface area contributed by atoms with E-state index in [1.165, 1.54) is 18.7 Å². The minimum atomic E-state index is -0.730. The molecule has 5 rings (SSSR count). The fourth-order valence-electron chi connectivity index (χ4n) is 5.92. The molecule has 0 bridgehead atoms. The van der Waals surface area contributed by atoms with Crippen LogP contribution in [0.15, 0.2) is 36.4 Å². The van der Waals surface area contributed by atoms with Crippen LogP contribution in [-0.2, 0) is 28.9 Å². The first-order valence-corrected chi connectivity index (χ1v) is 12.7. The molecule has 36 heavy (non-hydrogen) atoms. The number of aliphatic carboxylic acids is 1. The third kappa shape index (κ3) is 4.45. The topological polar surface area (TPSA) is 84.7 Å². The van der Waals surface area contributed by atoms with Crippen molar-refractivity contribution in [2.45, 2.75) is 64.0 Å². The van der Waals surface area contributed by atoms with E-state index >= 15 is 0 Å². The van der Waals surface area contributed by atoms with Crippen molar-refractivity contribution in [3.63, 3.8) is 0 Å². The summed E-state index contributed by atoms with van der Waals surface area (Å²) in [5.74, 6) is -0.195. The van der Waals surface area contributed by atoms with Gasteiger partial charge >= 0.3 is 12.1 Å². The molecule has 2 aliphatic rings. The summed E-state index contributed by atoms with van der Waals surface area (Å²) in [6, 6.07) is 11.0. The molecule has 8 heteroatoms. The molecule has 1 aromatic heterocycles. The van der Waals surface area contributed by atoms with Gasteiger partial charge in [0, 0.05) is 24.1 Å². The van der Waals surface area contributed by atoms with E-state index in [9.17, 15) is 19.1 Å². The van der Waals surface area contributed by atoms with Crippen molar-refractivity contribution < 1.29 is 23.8 Å². The Labute approximate surface area is 209 Å². The second-order valence-electron chi connectivity index (χ2n) is 10.1. The van der Waals surface area contributed by atoms with Crippen LogP contribution in [0.3, 0.4) is 0 Å². The number of amides is 1. The first-order valence-electron chi connectivity index (χ1n) is 12.7. The van der Waals surface area contributed by atoms with Gasteiger partial charge in [-0.15, -0.1) is 0 Å². The van der Waals surface area contributed by atoms with E-state index in [4.69, 9.17) is 9.72 Å². The number of fused-ring (bicyclic) bond motifs is 3. The summed E-state index contributed by atoms with van der Waals surface area (Å²) in [4.78, 5) is 30.6. The first-order chi connectivity index (χ1) is 17.4. The minimum Gasteiger partial charge on any atom is -0.481 e. The van der Waals surface area contributed by atoms with E-state index in [2.05, 4.69) is 23.6 Å². The van der Waals surface area contributed by atoms with Gasteiger partial charge in [0.2, 0.25) is 0 Å². The molecule has 3 aromatic rings. The van der Waals surface area contributed by atoms with E-state index < -0.39 is 5.97 Å². The van der Waals surface area contributed by atoms with Gasteiger partial charge in [0.1, 0.15) is 11.6 Å². The standard InChI is InChI=1S/C28H32FN3O4/c1-17(15-21-5-3-4-6-23(21)29)32-24-12-11-18-13-14-31(28(35)36-2)16-22(18)25(24)30-26(32)19-7-9-20(10-8-19)27(33)34/h3-6,11-12,17,19-20H,7-10,13-16H2,1-2H3,(H,33,34)/t17-,19-,20-/m0/s1. The normalized spacial score (nSPS) is 20.7. The molecule has 0 spiro atoms. The molecule has 1 amide bonds. The molecule has 1 fully saturated rings. The zero-order valence-corrected chi connectivity index (χ0v) is 20.7. The Hall–Kier alpha value is -3.42. The molecule has 1 atom stereocenters. The number of nitrogens with zero attached hydrogens (tertiary/aromatic N) is 3. The summed E-state index contributed by atoms with van der Waals surface area (Å²) in [5.41, 5.74) is 4.70. The number of rotatable bonds is 5. The molecule has 7 nitrogen and oxygen atoms in total. The average Bonchev–Trinajstić information content (AvgIpc) is 3.29. The van der Waals surface area contributed by atoms with Crippen LogP contribution in [0.5, 0.6) is 0 Å². The Morgan fingerprint density at radius 3 is 2.61 bits per heavy atom. The average molecular weight is 494 g/mol. The monoisotopic (exact) mass is 493 g/mol. The predicted octanol–water partition coefficient (Wildman–Crippen LogP) is 5.46. The van der Waals surface area contributed by atoms with Gasteiger partial charge in [0.15, 0.2) is 0 Å². The summed E-state index contributed by atoms with van der Waals surface area (Å²) < 4.78 is 21.7. The van der Waals surface area contributed by atoms with Gasteiger partial charge in [0.25, 0.3) is 0 Å². The van der Waals surface area contributed by atoms with Crippen LogP contribution < -0.4 is 0 Å². The van der Waals surface area contributed by atoms with Gasteiger partial charge in [-0.3, -0.25) is 4.79 Å². The maximum Gasteiger partial charge on any atom is 0.409 e. The van der Waals surface area contributed by atoms with Crippen LogP contribution in [0, 0.1) is 11.7 Å². The lowest BCUT2D eigenvalue weighted by molar-refractivity contribution is -0.142. The number of carboxylic acid groups (broad SMARTS) is 1. The Morgan fingerprint density at radius 2 is 1.92 bits per heavy atom. The summed E-state index contributed by atoms with van der Waals surface area (Å²) in [6.07, 6.45) is 3.65. The Balaban J connectivity index is 1.57. The van der Waals surface area contributed by atoms with E-state index in [1.54, 1.807) is 11.0 Å². The third-order valence-corrected chi connectivity index (χ3v) is 7.88. The number of benzene rings is 2. The molecule has 190 valence electrons. The first kappa shape index (κ1) is 24.3. The fourth-order valence-corrected chi connectivity index (χ4v) is 5.92. The second-order valence-corrected chi connectivity index (χ2v) is 10.1. The van der Waals surface area contributed by atoms with Crippen molar-refractivity contribution in [2.75, 3.05) is 13.7 Å². The van der Waals surface area contributed by atoms with Crippen molar-refractivity contribution in [1.29, 1.82) is 0 Å². The van der Waals surface area contributed by atoms with Crippen molar-refractivity contribution in [1.82, 2.24) is 14.5 Å². The number of carboxylic acids is 1. The van der Waals surface area contributed by atoms with Crippen molar-refractivity contribution in [3.05, 3.63) is 64.7 Å². The van der Waals surface area contributed by atoms with Gasteiger partial charge in [0.05, 0.1) is 30.6 Å². The number of aromatic nitrogens is 2. The predicted molar refractivity (Wildman–Crippen MR) is 133 cm³/mol. The van der Waals surface area contributed by atoms with E-state index in [0.29, 0.717) is 37.9 Å². The Bertz CT molecular complexity index is 1300. The quantitative estimate of drug-likeness (QED) is 0.510. The van der Waals surface area contributed by atoms with Gasteiger partial charge < -0.3 is 19.3 Å². The lowest BCUT2D eigenvalue weighted by Gasteiger charge is -2.28. The summed E-state index contributed by atoms with van der Waals surface area (Å²) in [7, 11) is 1.39.